The molecule has 33 heavy (non-hydrogen) atoms. The molecule has 7 nitrogen and oxygen atoms in total. The summed E-state index contributed by atoms with van der Waals surface area (Å²) in [6, 6.07) is 10.1. The first-order valence-electron chi connectivity index (χ1n) is 10.4. The van der Waals surface area contributed by atoms with E-state index < -0.39 is 21.7 Å². The Morgan fingerprint density at radius 3 is 2.45 bits per heavy atom. The summed E-state index contributed by atoms with van der Waals surface area (Å²) in [7, 11) is -3.49. The summed E-state index contributed by atoms with van der Waals surface area (Å²) < 4.78 is 51.6. The summed E-state index contributed by atoms with van der Waals surface area (Å²) in [6.07, 6.45) is 0.773. The number of nitrogens with one attached hydrogen (secondary N) is 2. The van der Waals surface area contributed by atoms with E-state index in [0.717, 1.165) is 17.5 Å². The first-order valence-corrected chi connectivity index (χ1v) is 11.9. The zero-order valence-electron chi connectivity index (χ0n) is 17.9. The van der Waals surface area contributed by atoms with Crippen molar-refractivity contribution in [3.63, 3.8) is 0 Å². The number of carbonyl (C=O) groups is 2. The second-order valence-electron chi connectivity index (χ2n) is 7.86. The maximum absolute atomic E-state index is 13.2. The van der Waals surface area contributed by atoms with Gasteiger partial charge in [-0.15, -0.1) is 0 Å². The van der Waals surface area contributed by atoms with Crippen LogP contribution in [0, 0.1) is 17.6 Å². The number of nitrogens with zero attached hydrogens (tertiary/aromatic N) is 1. The number of benzene rings is 2. The molecule has 1 fully saturated rings. The number of sulfonamides is 1. The van der Waals surface area contributed by atoms with Gasteiger partial charge in [0.25, 0.3) is 5.91 Å². The molecule has 2 N–H and O–H groups in total. The highest BCUT2D eigenvalue weighted by Gasteiger charge is 2.27. The Kier molecular flexibility index (Phi) is 7.93. The second-order valence-corrected chi connectivity index (χ2v) is 9.58. The maximum atomic E-state index is 13.2. The van der Waals surface area contributed by atoms with Crippen LogP contribution >= 0.6 is 0 Å². The van der Waals surface area contributed by atoms with Gasteiger partial charge >= 0.3 is 0 Å². The van der Waals surface area contributed by atoms with Gasteiger partial charge in [0.05, 0.1) is 6.42 Å². The number of rotatable bonds is 9. The predicted octanol–water partition coefficient (Wildman–Crippen LogP) is 2.35. The van der Waals surface area contributed by atoms with Gasteiger partial charge in [0.2, 0.25) is 15.9 Å². The largest absolute Gasteiger partial charge is 0.352 e. The van der Waals surface area contributed by atoms with Crippen LogP contribution in [0.5, 0.6) is 0 Å². The standard InChI is InChI=1S/C23H25F2N3O4S/c1-2-33(31,32)27-14-18-9-10-28(15-18)23(30)19-6-3-16(4-7-19)12-22(29)26-13-17-5-8-20(24)21(25)11-17/h2-8,11,18,27H,1,9-10,12-15H2,(H,26,29). The van der Waals surface area contributed by atoms with Crippen molar-refractivity contribution >= 4 is 21.8 Å². The fourth-order valence-corrected chi connectivity index (χ4v) is 4.11. The summed E-state index contributed by atoms with van der Waals surface area (Å²) in [5, 5.41) is 3.51. The first-order chi connectivity index (χ1) is 15.7. The van der Waals surface area contributed by atoms with Crippen molar-refractivity contribution in [2.45, 2.75) is 19.4 Å². The lowest BCUT2D eigenvalue weighted by atomic mass is 10.1. The topological polar surface area (TPSA) is 95.6 Å². The molecule has 1 atom stereocenters. The highest BCUT2D eigenvalue weighted by atomic mass is 32.2. The molecule has 2 aromatic rings. The normalized spacial score (nSPS) is 15.9. The van der Waals surface area contributed by atoms with Crippen LogP contribution in [0.2, 0.25) is 0 Å². The van der Waals surface area contributed by atoms with Gasteiger partial charge in [-0.05, 0) is 47.7 Å². The molecule has 1 saturated heterocycles. The van der Waals surface area contributed by atoms with Gasteiger partial charge in [-0.1, -0.05) is 24.8 Å². The molecule has 1 aliphatic heterocycles. The zero-order chi connectivity index (χ0) is 24.0. The number of halogens is 2. The molecule has 0 aromatic heterocycles. The molecule has 176 valence electrons. The molecule has 1 unspecified atom stereocenters. The molecule has 2 amide bonds. The summed E-state index contributed by atoms with van der Waals surface area (Å²) in [6.45, 7) is 4.56. The maximum Gasteiger partial charge on any atom is 0.253 e. The third kappa shape index (κ3) is 6.93. The van der Waals surface area contributed by atoms with Gasteiger partial charge < -0.3 is 10.2 Å². The van der Waals surface area contributed by atoms with E-state index in [1.807, 2.05) is 0 Å². The minimum absolute atomic E-state index is 0.0289. The minimum Gasteiger partial charge on any atom is -0.352 e. The average Bonchev–Trinajstić information content (AvgIpc) is 3.28. The van der Waals surface area contributed by atoms with Gasteiger partial charge in [0.15, 0.2) is 11.6 Å². The fraction of sp³-hybridized carbons (Fsp3) is 0.304. The minimum atomic E-state index is -3.49. The van der Waals surface area contributed by atoms with E-state index in [4.69, 9.17) is 0 Å². The van der Waals surface area contributed by atoms with E-state index in [9.17, 15) is 26.8 Å². The van der Waals surface area contributed by atoms with Gasteiger partial charge in [0, 0.05) is 37.2 Å². The molecule has 3 rings (SSSR count). The molecule has 0 radical (unpaired) electrons. The van der Waals surface area contributed by atoms with E-state index in [1.165, 1.54) is 6.07 Å². The average molecular weight is 478 g/mol. The lowest BCUT2D eigenvalue weighted by molar-refractivity contribution is -0.120. The van der Waals surface area contributed by atoms with Crippen LogP contribution in [-0.2, 0) is 27.8 Å². The third-order valence-corrected chi connectivity index (χ3v) is 6.41. The lowest BCUT2D eigenvalue weighted by Gasteiger charge is -2.17. The number of hydrogen-bond acceptors (Lipinski definition) is 4. The van der Waals surface area contributed by atoms with Crippen molar-refractivity contribution in [2.75, 3.05) is 19.6 Å². The number of carbonyl (C=O) groups excluding carboxylic acids is 2. The summed E-state index contributed by atoms with van der Waals surface area (Å²) in [5.74, 6) is -2.33. The van der Waals surface area contributed by atoms with E-state index >= 15 is 0 Å². The Bertz CT molecular complexity index is 1140. The smallest absolute Gasteiger partial charge is 0.253 e. The van der Waals surface area contributed by atoms with Crippen molar-refractivity contribution in [1.82, 2.24) is 14.9 Å². The predicted molar refractivity (Wildman–Crippen MR) is 119 cm³/mol. The monoisotopic (exact) mass is 477 g/mol. The first kappa shape index (κ1) is 24.5. The molecule has 1 aliphatic rings. The quantitative estimate of drug-likeness (QED) is 0.580. The van der Waals surface area contributed by atoms with Crippen LogP contribution in [0.1, 0.15) is 27.9 Å². The highest BCUT2D eigenvalue weighted by Crippen LogP contribution is 2.19. The van der Waals surface area contributed by atoms with Crippen molar-refractivity contribution in [2.24, 2.45) is 5.92 Å². The highest BCUT2D eigenvalue weighted by molar-refractivity contribution is 7.92. The molecule has 10 heteroatoms. The van der Waals surface area contributed by atoms with Crippen LogP contribution in [0.15, 0.2) is 54.5 Å². The Balaban J connectivity index is 1.48. The Labute approximate surface area is 191 Å². The number of likely N-dealkylation sites (tertiary alicyclic amines) is 1. The van der Waals surface area contributed by atoms with Crippen molar-refractivity contribution < 1.29 is 26.8 Å². The molecule has 1 heterocycles. The van der Waals surface area contributed by atoms with Gasteiger partial charge in [-0.25, -0.2) is 21.9 Å². The third-order valence-electron chi connectivity index (χ3n) is 5.40. The molecule has 2 aromatic carbocycles. The Hall–Kier alpha value is -3.11. The van der Waals surface area contributed by atoms with Crippen LogP contribution in [0.3, 0.4) is 0 Å². The SMILES string of the molecule is C=CS(=O)(=O)NCC1CCN(C(=O)c2ccc(CC(=O)NCc3ccc(F)c(F)c3)cc2)C1. The van der Waals surface area contributed by atoms with Crippen LogP contribution in [0.4, 0.5) is 8.78 Å². The molecule has 0 spiro atoms. The molecular formula is C23H25F2N3O4S. The van der Waals surface area contributed by atoms with E-state index in [1.54, 1.807) is 29.2 Å². The zero-order valence-corrected chi connectivity index (χ0v) is 18.7. The van der Waals surface area contributed by atoms with E-state index in [-0.39, 0.29) is 37.2 Å². The van der Waals surface area contributed by atoms with Crippen LogP contribution in [-0.4, -0.2) is 44.8 Å². The van der Waals surface area contributed by atoms with E-state index in [2.05, 4.69) is 16.6 Å². The number of amides is 2. The number of hydrogen-bond donors (Lipinski definition) is 2. The molecular weight excluding hydrogens is 452 g/mol. The van der Waals surface area contributed by atoms with Crippen LogP contribution < -0.4 is 10.0 Å². The lowest BCUT2D eigenvalue weighted by Crippen LogP contribution is -2.32. The molecule has 0 saturated carbocycles. The van der Waals surface area contributed by atoms with Gasteiger partial charge in [-0.2, -0.15) is 0 Å². The summed E-state index contributed by atoms with van der Waals surface area (Å²) in [4.78, 5) is 26.6. The van der Waals surface area contributed by atoms with Crippen LogP contribution in [0.25, 0.3) is 0 Å². The van der Waals surface area contributed by atoms with Gasteiger partial charge in [0.1, 0.15) is 0 Å². The Morgan fingerprint density at radius 1 is 1.09 bits per heavy atom. The van der Waals surface area contributed by atoms with E-state index in [0.29, 0.717) is 36.2 Å². The molecule has 0 aliphatic carbocycles. The second kappa shape index (κ2) is 10.7. The fourth-order valence-electron chi connectivity index (χ4n) is 3.52. The van der Waals surface area contributed by atoms with Crippen molar-refractivity contribution in [3.8, 4) is 0 Å². The Morgan fingerprint density at radius 2 is 1.79 bits per heavy atom. The van der Waals surface area contributed by atoms with Crippen molar-refractivity contribution in [1.29, 1.82) is 0 Å². The summed E-state index contributed by atoms with van der Waals surface area (Å²) >= 11 is 0. The molecule has 0 bridgehead atoms. The van der Waals surface area contributed by atoms with Gasteiger partial charge in [-0.3, -0.25) is 9.59 Å². The summed E-state index contributed by atoms with van der Waals surface area (Å²) in [5.41, 5.74) is 1.63. The van der Waals surface area contributed by atoms with Crippen molar-refractivity contribution in [3.05, 3.63) is 82.8 Å².